The van der Waals surface area contributed by atoms with E-state index in [4.69, 9.17) is 5.11 Å². The van der Waals surface area contributed by atoms with Crippen molar-refractivity contribution in [2.45, 2.75) is 12.8 Å². The smallest absolute Gasteiger partial charge is 0.335 e. The third kappa shape index (κ3) is 1.54. The molecule has 1 aromatic heterocycles. The van der Waals surface area contributed by atoms with Crippen LogP contribution in [0, 0.1) is 0 Å². The highest BCUT2D eigenvalue weighted by atomic mass is 16.4. The predicted molar refractivity (Wildman–Crippen MR) is 66.4 cm³/mol. The Morgan fingerprint density at radius 3 is 2.72 bits per heavy atom. The Balaban J connectivity index is 2.30. The summed E-state index contributed by atoms with van der Waals surface area (Å²) >= 11 is 0. The summed E-state index contributed by atoms with van der Waals surface area (Å²) in [5.41, 5.74) is 2.53. The van der Waals surface area contributed by atoms with Gasteiger partial charge in [0.15, 0.2) is 0 Å². The summed E-state index contributed by atoms with van der Waals surface area (Å²) in [7, 11) is 0. The van der Waals surface area contributed by atoms with Crippen LogP contribution in [0.5, 0.6) is 0 Å². The number of rotatable bonds is 1. The zero-order valence-corrected chi connectivity index (χ0v) is 9.59. The van der Waals surface area contributed by atoms with Crippen LogP contribution < -0.4 is 5.56 Å². The number of hydrogen-bond donors (Lipinski definition) is 1. The summed E-state index contributed by atoms with van der Waals surface area (Å²) in [5, 5.41) is 8.96. The van der Waals surface area contributed by atoms with E-state index in [0.717, 1.165) is 23.4 Å². The molecule has 0 aliphatic carbocycles. The van der Waals surface area contributed by atoms with Crippen LogP contribution >= 0.6 is 0 Å². The second kappa shape index (κ2) is 3.84. The van der Waals surface area contributed by atoms with Gasteiger partial charge in [0.25, 0.3) is 5.56 Å². The summed E-state index contributed by atoms with van der Waals surface area (Å²) in [6.07, 6.45) is 1.52. The van der Waals surface area contributed by atoms with E-state index in [2.05, 4.69) is 0 Å². The molecule has 0 amide bonds. The number of hydrogen-bond acceptors (Lipinski definition) is 2. The first-order valence-corrected chi connectivity index (χ1v) is 5.74. The quantitative estimate of drug-likeness (QED) is 0.825. The summed E-state index contributed by atoms with van der Waals surface area (Å²) in [5.74, 6) is -1.06. The second-order valence-electron chi connectivity index (χ2n) is 4.34. The Hall–Kier alpha value is -2.36. The van der Waals surface area contributed by atoms with E-state index >= 15 is 0 Å². The van der Waals surface area contributed by atoms with Crippen molar-refractivity contribution in [3.05, 3.63) is 63.6 Å². The van der Waals surface area contributed by atoms with Crippen LogP contribution in [0.2, 0.25) is 0 Å². The fraction of sp³-hybridized carbons (Fsp3) is 0.143. The fourth-order valence-electron chi connectivity index (χ4n) is 2.41. The van der Waals surface area contributed by atoms with Crippen LogP contribution in [0.25, 0.3) is 5.69 Å². The van der Waals surface area contributed by atoms with E-state index in [1.165, 1.54) is 6.07 Å². The molecular weight excluding hydrogens is 230 g/mol. The maximum atomic E-state index is 12.1. The number of carboxylic acids is 1. The highest BCUT2D eigenvalue weighted by molar-refractivity contribution is 5.87. The second-order valence-corrected chi connectivity index (χ2v) is 4.34. The van der Waals surface area contributed by atoms with Crippen LogP contribution in [0.1, 0.15) is 21.6 Å². The molecule has 90 valence electrons. The minimum absolute atomic E-state index is 0.0608. The number of pyridine rings is 1. The first-order chi connectivity index (χ1) is 8.66. The Labute approximate surface area is 103 Å². The molecule has 18 heavy (non-hydrogen) atoms. The number of aromatic carboxylic acids is 1. The summed E-state index contributed by atoms with van der Waals surface area (Å²) in [6, 6.07) is 10.5. The van der Waals surface area contributed by atoms with E-state index in [-0.39, 0.29) is 11.1 Å². The Bertz CT molecular complexity index is 700. The summed E-state index contributed by atoms with van der Waals surface area (Å²) in [6.45, 7) is 0. The maximum absolute atomic E-state index is 12.1. The highest BCUT2D eigenvalue weighted by Gasteiger charge is 2.18. The van der Waals surface area contributed by atoms with Gasteiger partial charge in [-0.05, 0) is 30.5 Å². The van der Waals surface area contributed by atoms with Gasteiger partial charge in [-0.2, -0.15) is 0 Å². The zero-order chi connectivity index (χ0) is 12.7. The lowest BCUT2D eigenvalue weighted by molar-refractivity contribution is 0.0696. The van der Waals surface area contributed by atoms with Crippen LogP contribution in [0.15, 0.2) is 41.2 Å². The average molecular weight is 241 g/mol. The molecule has 2 heterocycles. The van der Waals surface area contributed by atoms with Crippen molar-refractivity contribution in [2.75, 3.05) is 0 Å². The molecule has 0 saturated carbocycles. The van der Waals surface area contributed by atoms with E-state index in [1.54, 1.807) is 10.6 Å². The Morgan fingerprint density at radius 1 is 1.17 bits per heavy atom. The average Bonchev–Trinajstić information content (AvgIpc) is 2.37. The van der Waals surface area contributed by atoms with E-state index < -0.39 is 5.97 Å². The van der Waals surface area contributed by atoms with Crippen LogP contribution in [-0.2, 0) is 12.8 Å². The molecule has 4 heteroatoms. The van der Waals surface area contributed by atoms with Crippen LogP contribution in [0.4, 0.5) is 0 Å². The van der Waals surface area contributed by atoms with Crippen molar-refractivity contribution >= 4 is 5.97 Å². The molecule has 1 N–H and O–H groups in total. The number of benzene rings is 1. The van der Waals surface area contributed by atoms with Crippen molar-refractivity contribution in [1.29, 1.82) is 0 Å². The highest BCUT2D eigenvalue weighted by Crippen LogP contribution is 2.22. The van der Waals surface area contributed by atoms with E-state index in [0.29, 0.717) is 6.42 Å². The lowest BCUT2D eigenvalue weighted by atomic mass is 9.99. The van der Waals surface area contributed by atoms with Gasteiger partial charge in [-0.15, -0.1) is 0 Å². The van der Waals surface area contributed by atoms with Gasteiger partial charge < -0.3 is 5.11 Å². The molecular formula is C14H11NO3. The summed E-state index contributed by atoms with van der Waals surface area (Å²) < 4.78 is 1.60. The zero-order valence-electron chi connectivity index (χ0n) is 9.59. The molecule has 1 aliphatic rings. The van der Waals surface area contributed by atoms with Gasteiger partial charge in [0.05, 0.1) is 11.3 Å². The van der Waals surface area contributed by atoms with Crippen molar-refractivity contribution in [2.24, 2.45) is 0 Å². The van der Waals surface area contributed by atoms with Gasteiger partial charge in [0, 0.05) is 11.8 Å². The maximum Gasteiger partial charge on any atom is 0.335 e. The molecule has 2 aromatic rings. The van der Waals surface area contributed by atoms with E-state index in [9.17, 15) is 9.59 Å². The van der Waals surface area contributed by atoms with Gasteiger partial charge in [-0.3, -0.25) is 9.36 Å². The normalized spacial score (nSPS) is 12.7. The third-order valence-corrected chi connectivity index (χ3v) is 3.24. The largest absolute Gasteiger partial charge is 0.478 e. The van der Waals surface area contributed by atoms with Crippen LogP contribution in [0.3, 0.4) is 0 Å². The monoisotopic (exact) mass is 241 g/mol. The lowest BCUT2D eigenvalue weighted by Crippen LogP contribution is -2.27. The van der Waals surface area contributed by atoms with Crippen molar-refractivity contribution in [3.63, 3.8) is 0 Å². The minimum atomic E-state index is -1.06. The Kier molecular flexibility index (Phi) is 2.30. The van der Waals surface area contributed by atoms with Gasteiger partial charge in [0.1, 0.15) is 0 Å². The topological polar surface area (TPSA) is 59.3 Å². The number of fused-ring (bicyclic) bond motifs is 3. The molecule has 3 rings (SSSR count). The Morgan fingerprint density at radius 2 is 1.94 bits per heavy atom. The lowest BCUT2D eigenvalue weighted by Gasteiger charge is -2.21. The minimum Gasteiger partial charge on any atom is -0.478 e. The number of para-hydroxylation sites is 1. The number of aryl methyl sites for hydroxylation is 2. The van der Waals surface area contributed by atoms with Gasteiger partial charge in [0.2, 0.25) is 0 Å². The first kappa shape index (κ1) is 10.8. The van der Waals surface area contributed by atoms with Gasteiger partial charge in [-0.25, -0.2) is 4.79 Å². The third-order valence-electron chi connectivity index (χ3n) is 3.24. The molecule has 0 saturated heterocycles. The van der Waals surface area contributed by atoms with Crippen molar-refractivity contribution < 1.29 is 9.90 Å². The van der Waals surface area contributed by atoms with Gasteiger partial charge >= 0.3 is 5.97 Å². The van der Waals surface area contributed by atoms with Crippen molar-refractivity contribution in [3.8, 4) is 5.69 Å². The summed E-state index contributed by atoms with van der Waals surface area (Å²) in [4.78, 5) is 23.0. The molecule has 0 spiro atoms. The molecule has 0 bridgehead atoms. The fourth-order valence-corrected chi connectivity index (χ4v) is 2.41. The standard InChI is InChI=1S/C14H11NO3/c16-13-8-10(14(17)18)7-11-6-5-9-3-1-2-4-12(9)15(11)13/h1-4,7-8H,5-6H2,(H,17,18). The van der Waals surface area contributed by atoms with Crippen LogP contribution in [-0.4, -0.2) is 15.6 Å². The first-order valence-electron chi connectivity index (χ1n) is 5.74. The number of carboxylic acid groups (broad SMARTS) is 1. The van der Waals surface area contributed by atoms with E-state index in [1.807, 2.05) is 24.3 Å². The molecule has 0 radical (unpaired) electrons. The number of carbonyl (C=O) groups is 1. The SMILES string of the molecule is O=C(O)c1cc2n(c(=O)c1)-c1ccccc1CC2. The number of nitrogens with zero attached hydrogens (tertiary/aromatic N) is 1. The molecule has 0 unspecified atom stereocenters. The predicted octanol–water partition coefficient (Wildman–Crippen LogP) is 1.63. The molecule has 1 aliphatic heterocycles. The molecule has 0 fully saturated rings. The number of aromatic nitrogens is 1. The molecule has 1 aromatic carbocycles. The molecule has 0 atom stereocenters. The van der Waals surface area contributed by atoms with Gasteiger partial charge in [-0.1, -0.05) is 18.2 Å². The molecule has 4 nitrogen and oxygen atoms in total. The van der Waals surface area contributed by atoms with Crippen molar-refractivity contribution in [1.82, 2.24) is 4.57 Å².